The predicted molar refractivity (Wildman–Crippen MR) is 75.1 cm³/mol. The van der Waals surface area contributed by atoms with Gasteiger partial charge in [-0.1, -0.05) is 39.8 Å². The highest BCUT2D eigenvalue weighted by Gasteiger charge is 2.09. The molecule has 0 aliphatic carbocycles. The maximum atomic E-state index is 5.94. The van der Waals surface area contributed by atoms with Crippen molar-refractivity contribution in [3.63, 3.8) is 0 Å². The fourth-order valence-corrected chi connectivity index (χ4v) is 3.07. The summed E-state index contributed by atoms with van der Waals surface area (Å²) in [5.41, 5.74) is 7.02. The highest BCUT2D eigenvalue weighted by molar-refractivity contribution is 9.10. The summed E-state index contributed by atoms with van der Waals surface area (Å²) in [6.07, 6.45) is 1.80. The van der Waals surface area contributed by atoms with Crippen molar-refractivity contribution in [3.8, 4) is 0 Å². The second kappa shape index (κ2) is 5.67. The first kappa shape index (κ1) is 12.6. The molecule has 0 saturated heterocycles. The lowest BCUT2D eigenvalue weighted by molar-refractivity contribution is 0.779. The van der Waals surface area contributed by atoms with Crippen molar-refractivity contribution in [2.75, 3.05) is 0 Å². The highest BCUT2D eigenvalue weighted by Crippen LogP contribution is 2.31. The standard InChI is InChI=1S/C13H13BrN2S/c1-9(15)12-6-3-7-16-13(12)17-11-5-2-4-10(14)8-11/h2-9H,15H2,1H3. The number of hydrogen-bond acceptors (Lipinski definition) is 3. The van der Waals surface area contributed by atoms with Crippen molar-refractivity contribution in [2.45, 2.75) is 22.9 Å². The smallest absolute Gasteiger partial charge is 0.105 e. The van der Waals surface area contributed by atoms with Crippen LogP contribution in [0.1, 0.15) is 18.5 Å². The average molecular weight is 309 g/mol. The Morgan fingerprint density at radius 3 is 2.82 bits per heavy atom. The molecule has 1 aromatic heterocycles. The van der Waals surface area contributed by atoms with Gasteiger partial charge in [0.15, 0.2) is 0 Å². The third-order valence-electron chi connectivity index (χ3n) is 2.30. The van der Waals surface area contributed by atoms with E-state index < -0.39 is 0 Å². The van der Waals surface area contributed by atoms with E-state index in [1.807, 2.05) is 31.2 Å². The molecular formula is C13H13BrN2S. The largest absolute Gasteiger partial charge is 0.324 e. The Morgan fingerprint density at radius 2 is 2.12 bits per heavy atom. The van der Waals surface area contributed by atoms with E-state index in [4.69, 9.17) is 5.73 Å². The van der Waals surface area contributed by atoms with Crippen LogP contribution in [0.15, 0.2) is 57.0 Å². The Labute approximate surface area is 114 Å². The first-order valence-corrected chi connectivity index (χ1v) is 6.91. The quantitative estimate of drug-likeness (QED) is 0.931. The van der Waals surface area contributed by atoms with E-state index in [0.29, 0.717) is 0 Å². The van der Waals surface area contributed by atoms with E-state index in [0.717, 1.165) is 20.0 Å². The van der Waals surface area contributed by atoms with Gasteiger partial charge in [-0.15, -0.1) is 0 Å². The molecule has 4 heteroatoms. The Balaban J connectivity index is 2.30. The van der Waals surface area contributed by atoms with E-state index in [2.05, 4.69) is 33.0 Å². The van der Waals surface area contributed by atoms with Gasteiger partial charge in [-0.3, -0.25) is 0 Å². The maximum Gasteiger partial charge on any atom is 0.105 e. The van der Waals surface area contributed by atoms with Gasteiger partial charge in [0.25, 0.3) is 0 Å². The van der Waals surface area contributed by atoms with Crippen molar-refractivity contribution in [1.82, 2.24) is 4.98 Å². The van der Waals surface area contributed by atoms with Gasteiger partial charge >= 0.3 is 0 Å². The van der Waals surface area contributed by atoms with Gasteiger partial charge in [-0.25, -0.2) is 4.98 Å². The summed E-state index contributed by atoms with van der Waals surface area (Å²) in [5, 5.41) is 0.973. The molecule has 88 valence electrons. The second-order valence-corrected chi connectivity index (χ2v) is 5.72. The van der Waals surface area contributed by atoms with E-state index in [1.54, 1.807) is 18.0 Å². The van der Waals surface area contributed by atoms with Crippen molar-refractivity contribution < 1.29 is 0 Å². The molecule has 1 heterocycles. The van der Waals surface area contributed by atoms with Crippen molar-refractivity contribution in [1.29, 1.82) is 0 Å². The van der Waals surface area contributed by atoms with Crippen LogP contribution in [-0.4, -0.2) is 4.98 Å². The summed E-state index contributed by atoms with van der Waals surface area (Å²) in [6.45, 7) is 1.97. The fourth-order valence-electron chi connectivity index (χ4n) is 1.48. The van der Waals surface area contributed by atoms with Crippen LogP contribution in [0.5, 0.6) is 0 Å². The highest BCUT2D eigenvalue weighted by atomic mass is 79.9. The summed E-state index contributed by atoms with van der Waals surface area (Å²) >= 11 is 5.10. The summed E-state index contributed by atoms with van der Waals surface area (Å²) < 4.78 is 1.07. The monoisotopic (exact) mass is 308 g/mol. The predicted octanol–water partition coefficient (Wildman–Crippen LogP) is 4.02. The first-order chi connectivity index (χ1) is 8.16. The first-order valence-electron chi connectivity index (χ1n) is 5.31. The zero-order valence-corrected chi connectivity index (χ0v) is 11.8. The molecule has 2 aromatic rings. The average Bonchev–Trinajstić information content (AvgIpc) is 2.29. The molecule has 17 heavy (non-hydrogen) atoms. The van der Waals surface area contributed by atoms with E-state index in [1.165, 1.54) is 0 Å². The SMILES string of the molecule is CC(N)c1cccnc1Sc1cccc(Br)c1. The molecule has 2 rings (SSSR count). The summed E-state index contributed by atoms with van der Waals surface area (Å²) in [6, 6.07) is 12.1. The number of benzene rings is 1. The van der Waals surface area contributed by atoms with Crippen molar-refractivity contribution in [2.24, 2.45) is 5.73 Å². The molecule has 0 aliphatic heterocycles. The molecule has 0 spiro atoms. The third kappa shape index (κ3) is 3.31. The molecule has 0 saturated carbocycles. The zero-order chi connectivity index (χ0) is 12.3. The summed E-state index contributed by atoms with van der Waals surface area (Å²) in [4.78, 5) is 5.55. The van der Waals surface area contributed by atoms with Crippen LogP contribution in [0.4, 0.5) is 0 Å². The lowest BCUT2D eigenvalue weighted by Crippen LogP contribution is -2.07. The number of rotatable bonds is 3. The van der Waals surface area contributed by atoms with Gasteiger partial charge in [0.1, 0.15) is 5.03 Å². The molecule has 0 bridgehead atoms. The van der Waals surface area contributed by atoms with Gasteiger partial charge in [0, 0.05) is 27.2 Å². The summed E-state index contributed by atoms with van der Waals surface area (Å²) in [7, 11) is 0. The molecular weight excluding hydrogens is 296 g/mol. The minimum Gasteiger partial charge on any atom is -0.324 e. The van der Waals surface area contributed by atoms with Gasteiger partial charge in [0.05, 0.1) is 0 Å². The Bertz CT molecular complexity index is 514. The Kier molecular flexibility index (Phi) is 4.20. The van der Waals surface area contributed by atoms with E-state index in [-0.39, 0.29) is 6.04 Å². The second-order valence-electron chi connectivity index (χ2n) is 3.75. The van der Waals surface area contributed by atoms with Gasteiger partial charge in [0.2, 0.25) is 0 Å². The van der Waals surface area contributed by atoms with Crippen LogP contribution in [0, 0.1) is 0 Å². The molecule has 2 nitrogen and oxygen atoms in total. The van der Waals surface area contributed by atoms with Crippen LogP contribution in [-0.2, 0) is 0 Å². The number of nitrogens with zero attached hydrogens (tertiary/aromatic N) is 1. The normalized spacial score (nSPS) is 12.4. The minimum atomic E-state index is -0.00153. The number of aromatic nitrogens is 1. The molecule has 1 aromatic carbocycles. The lowest BCUT2D eigenvalue weighted by atomic mass is 10.2. The zero-order valence-electron chi connectivity index (χ0n) is 9.43. The Hall–Kier alpha value is -0.840. The van der Waals surface area contributed by atoms with Crippen LogP contribution < -0.4 is 5.73 Å². The summed E-state index contributed by atoms with van der Waals surface area (Å²) in [5.74, 6) is 0. The van der Waals surface area contributed by atoms with Crippen LogP contribution in [0.3, 0.4) is 0 Å². The maximum absolute atomic E-state index is 5.94. The number of halogens is 1. The molecule has 2 N–H and O–H groups in total. The van der Waals surface area contributed by atoms with Crippen LogP contribution in [0.2, 0.25) is 0 Å². The van der Waals surface area contributed by atoms with Gasteiger partial charge < -0.3 is 5.73 Å². The molecule has 1 atom stereocenters. The Morgan fingerprint density at radius 1 is 1.29 bits per heavy atom. The lowest BCUT2D eigenvalue weighted by Gasteiger charge is -2.10. The molecule has 0 aliphatic rings. The van der Waals surface area contributed by atoms with Crippen LogP contribution >= 0.6 is 27.7 Å². The molecule has 0 amide bonds. The third-order valence-corrected chi connectivity index (χ3v) is 3.82. The van der Waals surface area contributed by atoms with E-state index >= 15 is 0 Å². The number of hydrogen-bond donors (Lipinski definition) is 1. The van der Waals surface area contributed by atoms with Gasteiger partial charge in [-0.2, -0.15) is 0 Å². The topological polar surface area (TPSA) is 38.9 Å². The molecule has 0 radical (unpaired) electrons. The van der Waals surface area contributed by atoms with Crippen molar-refractivity contribution in [3.05, 3.63) is 52.6 Å². The fraction of sp³-hybridized carbons (Fsp3) is 0.154. The minimum absolute atomic E-state index is 0.00153. The molecule has 1 unspecified atom stereocenters. The van der Waals surface area contributed by atoms with Crippen molar-refractivity contribution >= 4 is 27.7 Å². The number of pyridine rings is 1. The number of nitrogens with two attached hydrogens (primary N) is 1. The van der Waals surface area contributed by atoms with E-state index in [9.17, 15) is 0 Å². The molecule has 0 fully saturated rings. The van der Waals surface area contributed by atoms with Crippen LogP contribution in [0.25, 0.3) is 0 Å². The van der Waals surface area contributed by atoms with Gasteiger partial charge in [-0.05, 0) is 31.2 Å².